The predicted octanol–water partition coefficient (Wildman–Crippen LogP) is 1.96. The molecule has 2 aliphatic rings. The number of ether oxygens (including phenoxy) is 1. The van der Waals surface area contributed by atoms with Crippen molar-refractivity contribution in [2.24, 2.45) is 11.3 Å². The lowest BCUT2D eigenvalue weighted by atomic mass is 9.80. The fraction of sp³-hybridized carbons (Fsp3) is 0.857. The number of hydrogen-bond donors (Lipinski definition) is 0. The Morgan fingerprint density at radius 1 is 1.39 bits per heavy atom. The highest BCUT2D eigenvalue weighted by atomic mass is 16.5. The number of amides is 1. The van der Waals surface area contributed by atoms with Crippen molar-refractivity contribution < 1.29 is 9.53 Å². The Kier molecular flexibility index (Phi) is 4.23. The molecule has 0 spiro atoms. The summed E-state index contributed by atoms with van der Waals surface area (Å²) in [5, 5.41) is 9.37. The van der Waals surface area contributed by atoms with Crippen LogP contribution in [0.15, 0.2) is 0 Å². The van der Waals surface area contributed by atoms with Gasteiger partial charge in [-0.1, -0.05) is 12.8 Å². The maximum absolute atomic E-state index is 12.5. The highest BCUT2D eigenvalue weighted by Crippen LogP contribution is 2.33. The highest BCUT2D eigenvalue weighted by Gasteiger charge is 2.42. The van der Waals surface area contributed by atoms with Crippen molar-refractivity contribution in [1.82, 2.24) is 4.90 Å². The summed E-state index contributed by atoms with van der Waals surface area (Å²) >= 11 is 0. The molecule has 2 rings (SSSR count). The molecule has 1 aliphatic heterocycles. The first kappa shape index (κ1) is 13.4. The van der Waals surface area contributed by atoms with Gasteiger partial charge in [0, 0.05) is 26.8 Å². The number of rotatable bonds is 3. The lowest BCUT2D eigenvalue weighted by Gasteiger charge is -2.34. The summed E-state index contributed by atoms with van der Waals surface area (Å²) in [6, 6.07) is 2.25. The zero-order valence-electron chi connectivity index (χ0n) is 11.2. The molecule has 0 unspecified atom stereocenters. The molecule has 1 saturated heterocycles. The SMILES string of the molecule is CN(CC1CCCC1)C(=O)C1(C#N)CCOCC1. The van der Waals surface area contributed by atoms with Crippen LogP contribution in [-0.4, -0.2) is 37.6 Å². The van der Waals surface area contributed by atoms with E-state index >= 15 is 0 Å². The van der Waals surface area contributed by atoms with E-state index < -0.39 is 5.41 Å². The molecule has 18 heavy (non-hydrogen) atoms. The van der Waals surface area contributed by atoms with Crippen molar-refractivity contribution in [1.29, 1.82) is 5.26 Å². The van der Waals surface area contributed by atoms with Gasteiger partial charge in [-0.2, -0.15) is 5.26 Å². The summed E-state index contributed by atoms with van der Waals surface area (Å²) in [7, 11) is 1.84. The second-order valence-electron chi connectivity index (χ2n) is 5.64. The van der Waals surface area contributed by atoms with Gasteiger partial charge in [0.05, 0.1) is 6.07 Å². The first-order valence-electron chi connectivity index (χ1n) is 6.92. The van der Waals surface area contributed by atoms with Crippen molar-refractivity contribution >= 4 is 5.91 Å². The van der Waals surface area contributed by atoms with Crippen LogP contribution in [0.4, 0.5) is 0 Å². The first-order valence-corrected chi connectivity index (χ1v) is 6.92. The average Bonchev–Trinajstić information content (AvgIpc) is 2.91. The van der Waals surface area contributed by atoms with Crippen LogP contribution >= 0.6 is 0 Å². The summed E-state index contributed by atoms with van der Waals surface area (Å²) < 4.78 is 5.27. The van der Waals surface area contributed by atoms with Gasteiger partial charge in [0.1, 0.15) is 5.41 Å². The summed E-state index contributed by atoms with van der Waals surface area (Å²) in [5.74, 6) is 0.634. The Balaban J connectivity index is 1.97. The van der Waals surface area contributed by atoms with Crippen LogP contribution in [0.25, 0.3) is 0 Å². The van der Waals surface area contributed by atoms with E-state index in [0.29, 0.717) is 32.0 Å². The summed E-state index contributed by atoms with van der Waals surface area (Å²) in [4.78, 5) is 14.3. The molecule has 4 nitrogen and oxygen atoms in total. The molecule has 0 bridgehead atoms. The van der Waals surface area contributed by atoms with E-state index in [1.165, 1.54) is 25.7 Å². The van der Waals surface area contributed by atoms with Crippen molar-refractivity contribution in [3.8, 4) is 6.07 Å². The largest absolute Gasteiger partial charge is 0.381 e. The van der Waals surface area contributed by atoms with Crippen LogP contribution in [0.5, 0.6) is 0 Å². The number of nitriles is 1. The second-order valence-corrected chi connectivity index (χ2v) is 5.64. The lowest BCUT2D eigenvalue weighted by molar-refractivity contribution is -0.142. The minimum atomic E-state index is -0.828. The van der Waals surface area contributed by atoms with E-state index in [1.807, 2.05) is 7.05 Å². The fourth-order valence-electron chi connectivity index (χ4n) is 3.12. The van der Waals surface area contributed by atoms with E-state index in [2.05, 4.69) is 6.07 Å². The van der Waals surface area contributed by atoms with Gasteiger partial charge in [0.2, 0.25) is 5.91 Å². The molecule has 1 aliphatic carbocycles. The number of nitrogens with zero attached hydrogens (tertiary/aromatic N) is 2. The van der Waals surface area contributed by atoms with Gasteiger partial charge in [0.15, 0.2) is 0 Å². The van der Waals surface area contributed by atoms with Crippen LogP contribution in [0.2, 0.25) is 0 Å². The standard InChI is InChI=1S/C14H22N2O2/c1-16(10-12-4-2-3-5-12)13(17)14(11-15)6-8-18-9-7-14/h12H,2-10H2,1H3. The Bertz CT molecular complexity index is 336. The topological polar surface area (TPSA) is 53.3 Å². The van der Waals surface area contributed by atoms with E-state index in [4.69, 9.17) is 4.74 Å². The molecule has 4 heteroatoms. The van der Waals surface area contributed by atoms with E-state index in [0.717, 1.165) is 6.54 Å². The molecule has 1 heterocycles. The highest BCUT2D eigenvalue weighted by molar-refractivity contribution is 5.85. The minimum absolute atomic E-state index is 0.000185. The van der Waals surface area contributed by atoms with Gasteiger partial charge < -0.3 is 9.64 Å². The Hall–Kier alpha value is -1.08. The lowest BCUT2D eigenvalue weighted by Crippen LogP contribution is -2.45. The van der Waals surface area contributed by atoms with Gasteiger partial charge in [-0.3, -0.25) is 4.79 Å². The third-order valence-electron chi connectivity index (χ3n) is 4.32. The maximum Gasteiger partial charge on any atom is 0.242 e. The fourth-order valence-corrected chi connectivity index (χ4v) is 3.12. The van der Waals surface area contributed by atoms with Crippen LogP contribution < -0.4 is 0 Å². The molecule has 0 radical (unpaired) electrons. The van der Waals surface area contributed by atoms with Crippen LogP contribution in [-0.2, 0) is 9.53 Å². The molecule has 2 fully saturated rings. The summed E-state index contributed by atoms with van der Waals surface area (Å²) in [5.41, 5.74) is -0.828. The molecule has 1 amide bonds. The predicted molar refractivity (Wildman–Crippen MR) is 67.7 cm³/mol. The Morgan fingerprint density at radius 3 is 2.56 bits per heavy atom. The summed E-state index contributed by atoms with van der Waals surface area (Å²) in [6.07, 6.45) is 6.09. The number of hydrogen-bond acceptors (Lipinski definition) is 3. The zero-order valence-corrected chi connectivity index (χ0v) is 11.2. The summed E-state index contributed by atoms with van der Waals surface area (Å²) in [6.45, 7) is 1.86. The van der Waals surface area contributed by atoms with Crippen LogP contribution in [0.1, 0.15) is 38.5 Å². The van der Waals surface area contributed by atoms with Gasteiger partial charge in [0.25, 0.3) is 0 Å². The van der Waals surface area contributed by atoms with Gasteiger partial charge in [-0.05, 0) is 31.6 Å². The third kappa shape index (κ3) is 2.67. The van der Waals surface area contributed by atoms with Gasteiger partial charge in [-0.15, -0.1) is 0 Å². The molecule has 1 saturated carbocycles. The zero-order chi connectivity index (χ0) is 13.0. The van der Waals surface area contributed by atoms with Crippen molar-refractivity contribution in [3.05, 3.63) is 0 Å². The van der Waals surface area contributed by atoms with Crippen molar-refractivity contribution in [2.75, 3.05) is 26.8 Å². The molecule has 100 valence electrons. The number of carbonyl (C=O) groups is 1. The molecular formula is C14H22N2O2. The molecule has 0 aromatic rings. The Labute approximate surface area is 109 Å². The molecular weight excluding hydrogens is 228 g/mol. The quantitative estimate of drug-likeness (QED) is 0.769. The maximum atomic E-state index is 12.5. The van der Waals surface area contributed by atoms with Crippen molar-refractivity contribution in [2.45, 2.75) is 38.5 Å². The molecule has 0 aromatic carbocycles. The second kappa shape index (κ2) is 5.71. The number of carbonyl (C=O) groups excluding carboxylic acids is 1. The minimum Gasteiger partial charge on any atom is -0.381 e. The first-order chi connectivity index (χ1) is 8.68. The normalized spacial score (nSPS) is 23.6. The van der Waals surface area contributed by atoms with Gasteiger partial charge >= 0.3 is 0 Å². The van der Waals surface area contributed by atoms with Gasteiger partial charge in [-0.25, -0.2) is 0 Å². The molecule has 0 aromatic heterocycles. The average molecular weight is 250 g/mol. The van der Waals surface area contributed by atoms with Crippen molar-refractivity contribution in [3.63, 3.8) is 0 Å². The molecule has 0 atom stereocenters. The van der Waals surface area contributed by atoms with E-state index in [1.54, 1.807) is 4.90 Å². The van der Waals surface area contributed by atoms with E-state index in [9.17, 15) is 10.1 Å². The monoisotopic (exact) mass is 250 g/mol. The smallest absolute Gasteiger partial charge is 0.242 e. The van der Waals surface area contributed by atoms with Crippen LogP contribution in [0.3, 0.4) is 0 Å². The Morgan fingerprint density at radius 2 is 2.00 bits per heavy atom. The van der Waals surface area contributed by atoms with E-state index in [-0.39, 0.29) is 5.91 Å². The van der Waals surface area contributed by atoms with Crippen LogP contribution in [0, 0.1) is 22.7 Å². The molecule has 0 N–H and O–H groups in total. The third-order valence-corrected chi connectivity index (χ3v) is 4.32.